The Balaban J connectivity index is 1.66. The Morgan fingerprint density at radius 2 is 1.96 bits per heavy atom. The average Bonchev–Trinajstić information content (AvgIpc) is 3.15. The molecule has 2 heterocycles. The molecule has 0 bridgehead atoms. The van der Waals surface area contributed by atoms with Crippen LogP contribution in [-0.2, 0) is 16.4 Å². The highest BCUT2D eigenvalue weighted by molar-refractivity contribution is 7.89. The molecule has 0 fully saturated rings. The summed E-state index contributed by atoms with van der Waals surface area (Å²) in [6.45, 7) is 3.10. The number of halogens is 1. The minimum absolute atomic E-state index is 0.0186. The van der Waals surface area contributed by atoms with Gasteiger partial charge >= 0.3 is 0 Å². The maximum atomic E-state index is 13.7. The Kier molecular flexibility index (Phi) is 4.64. The van der Waals surface area contributed by atoms with E-state index in [2.05, 4.69) is 20.1 Å². The lowest BCUT2D eigenvalue weighted by atomic mass is 10.2. The van der Waals surface area contributed by atoms with Gasteiger partial charge in [-0.15, -0.1) is 10.2 Å². The van der Waals surface area contributed by atoms with Crippen LogP contribution in [0.5, 0.6) is 0 Å². The summed E-state index contributed by atoms with van der Waals surface area (Å²) in [5, 5.41) is 11.2. The molecule has 2 aromatic heterocycles. The highest BCUT2D eigenvalue weighted by atomic mass is 32.2. The highest BCUT2D eigenvalue weighted by Gasteiger charge is 2.24. The van der Waals surface area contributed by atoms with E-state index in [1.54, 1.807) is 19.1 Å². The lowest BCUT2D eigenvalue weighted by Gasteiger charge is -2.04. The molecule has 132 valence electrons. The third-order valence-electron chi connectivity index (χ3n) is 3.44. The van der Waals surface area contributed by atoms with Gasteiger partial charge in [-0.2, -0.15) is 0 Å². The molecule has 0 aliphatic heterocycles. The summed E-state index contributed by atoms with van der Waals surface area (Å²) in [4.78, 5) is 0.0186. The zero-order valence-electron chi connectivity index (χ0n) is 13.5. The number of nitrogens with one attached hydrogen (secondary N) is 1. The number of aromatic nitrogens is 3. The number of sulfonamides is 1. The molecule has 0 aliphatic carbocycles. The molecule has 0 unspecified atom stereocenters. The van der Waals surface area contributed by atoms with Crippen molar-refractivity contribution in [3.63, 3.8) is 0 Å². The van der Waals surface area contributed by atoms with Crippen molar-refractivity contribution in [1.29, 1.82) is 0 Å². The minimum Gasteiger partial charge on any atom is -0.421 e. The molecule has 10 heteroatoms. The van der Waals surface area contributed by atoms with E-state index in [-0.39, 0.29) is 46.7 Å². The first-order chi connectivity index (χ1) is 11.9. The Morgan fingerprint density at radius 3 is 2.64 bits per heavy atom. The summed E-state index contributed by atoms with van der Waals surface area (Å²) in [5.41, 5.74) is 0.474. The van der Waals surface area contributed by atoms with E-state index in [1.807, 2.05) is 0 Å². The molecule has 8 nitrogen and oxygen atoms in total. The van der Waals surface area contributed by atoms with Crippen molar-refractivity contribution in [2.75, 3.05) is 6.54 Å². The number of aryl methyl sites for hydroxylation is 2. The fourth-order valence-electron chi connectivity index (χ4n) is 2.32. The van der Waals surface area contributed by atoms with Gasteiger partial charge in [0.25, 0.3) is 5.89 Å². The van der Waals surface area contributed by atoms with Crippen molar-refractivity contribution < 1.29 is 21.7 Å². The Labute approximate surface area is 143 Å². The minimum atomic E-state index is -3.76. The van der Waals surface area contributed by atoms with E-state index in [4.69, 9.17) is 8.94 Å². The van der Waals surface area contributed by atoms with Gasteiger partial charge in [-0.1, -0.05) is 17.3 Å². The average molecular weight is 366 g/mol. The first-order valence-corrected chi connectivity index (χ1v) is 8.86. The lowest BCUT2D eigenvalue weighted by molar-refractivity contribution is 0.390. The predicted molar refractivity (Wildman–Crippen MR) is 84.6 cm³/mol. The molecule has 3 rings (SSSR count). The van der Waals surface area contributed by atoms with Gasteiger partial charge in [-0.05, 0) is 26.0 Å². The van der Waals surface area contributed by atoms with Crippen molar-refractivity contribution in [2.45, 2.75) is 25.2 Å². The van der Waals surface area contributed by atoms with Crippen molar-refractivity contribution in [1.82, 2.24) is 20.1 Å². The maximum absolute atomic E-state index is 13.7. The molecule has 25 heavy (non-hydrogen) atoms. The smallest absolute Gasteiger partial charge is 0.250 e. The zero-order chi connectivity index (χ0) is 18.0. The first kappa shape index (κ1) is 17.2. The fourth-order valence-corrected chi connectivity index (χ4v) is 3.68. The van der Waals surface area contributed by atoms with Crippen LogP contribution < -0.4 is 4.72 Å². The molecule has 0 saturated heterocycles. The third kappa shape index (κ3) is 3.59. The fraction of sp³-hybridized carbons (Fsp3) is 0.267. The number of hydrogen-bond donors (Lipinski definition) is 1. The molecule has 0 spiro atoms. The van der Waals surface area contributed by atoms with Crippen LogP contribution in [0, 0.1) is 19.7 Å². The summed E-state index contributed by atoms with van der Waals surface area (Å²) >= 11 is 0. The molecule has 0 radical (unpaired) electrons. The zero-order valence-corrected chi connectivity index (χ0v) is 14.3. The number of benzene rings is 1. The molecule has 1 aromatic carbocycles. The summed E-state index contributed by atoms with van der Waals surface area (Å²) in [6.07, 6.45) is 0.157. The Hall–Kier alpha value is -2.59. The van der Waals surface area contributed by atoms with Crippen molar-refractivity contribution in [3.05, 3.63) is 47.4 Å². The normalized spacial score (nSPS) is 11.8. The first-order valence-electron chi connectivity index (χ1n) is 7.38. The molecule has 0 aliphatic rings. The third-order valence-corrected chi connectivity index (χ3v) is 5.14. The van der Waals surface area contributed by atoms with Crippen LogP contribution >= 0.6 is 0 Å². The van der Waals surface area contributed by atoms with Gasteiger partial charge in [0.2, 0.25) is 15.9 Å². The van der Waals surface area contributed by atoms with Gasteiger partial charge < -0.3 is 8.94 Å². The van der Waals surface area contributed by atoms with Crippen molar-refractivity contribution in [2.24, 2.45) is 0 Å². The molecular weight excluding hydrogens is 351 g/mol. The van der Waals surface area contributed by atoms with Gasteiger partial charge in [0.1, 0.15) is 16.4 Å². The van der Waals surface area contributed by atoms with Gasteiger partial charge in [0.05, 0.1) is 5.56 Å². The van der Waals surface area contributed by atoms with E-state index in [0.717, 1.165) is 0 Å². The SMILES string of the molecule is Cc1noc(C)c1S(=O)(=O)NCCc1nnc(-c2ccccc2F)o1. The number of rotatable bonds is 6. The summed E-state index contributed by atoms with van der Waals surface area (Å²) in [6, 6.07) is 6.02. The number of hydrogen-bond acceptors (Lipinski definition) is 7. The van der Waals surface area contributed by atoms with Crippen LogP contribution in [0.4, 0.5) is 4.39 Å². The second kappa shape index (κ2) is 6.73. The molecule has 1 N–H and O–H groups in total. The van der Waals surface area contributed by atoms with Gasteiger partial charge in [0.15, 0.2) is 5.76 Å². The van der Waals surface area contributed by atoms with E-state index in [0.29, 0.717) is 0 Å². The quantitative estimate of drug-likeness (QED) is 0.710. The van der Waals surface area contributed by atoms with E-state index in [1.165, 1.54) is 19.1 Å². The summed E-state index contributed by atoms with van der Waals surface area (Å²) < 4.78 is 50.9. The van der Waals surface area contributed by atoms with Crippen molar-refractivity contribution in [3.8, 4) is 11.5 Å². The topological polar surface area (TPSA) is 111 Å². The monoisotopic (exact) mass is 366 g/mol. The highest BCUT2D eigenvalue weighted by Crippen LogP contribution is 2.21. The van der Waals surface area contributed by atoms with Crippen LogP contribution in [0.1, 0.15) is 17.3 Å². The van der Waals surface area contributed by atoms with E-state index >= 15 is 0 Å². The molecule has 3 aromatic rings. The van der Waals surface area contributed by atoms with Gasteiger partial charge in [-0.25, -0.2) is 17.5 Å². The summed E-state index contributed by atoms with van der Waals surface area (Å²) in [5.74, 6) is -0.0252. The van der Waals surface area contributed by atoms with Crippen molar-refractivity contribution >= 4 is 10.0 Å². The standard InChI is InChI=1S/C15H15FN4O4S/c1-9-14(10(2)24-20-9)25(21,22)17-8-7-13-18-19-15(23-13)11-5-3-4-6-12(11)16/h3-6,17H,7-8H2,1-2H3. The van der Waals surface area contributed by atoms with Crippen LogP contribution in [0.25, 0.3) is 11.5 Å². The molecular formula is C15H15FN4O4S. The molecule has 0 atom stereocenters. The van der Waals surface area contributed by atoms with Crippen LogP contribution in [0.15, 0.2) is 38.1 Å². The van der Waals surface area contributed by atoms with Crippen LogP contribution in [0.2, 0.25) is 0 Å². The van der Waals surface area contributed by atoms with E-state index in [9.17, 15) is 12.8 Å². The largest absolute Gasteiger partial charge is 0.421 e. The Morgan fingerprint density at radius 1 is 1.20 bits per heavy atom. The maximum Gasteiger partial charge on any atom is 0.250 e. The Bertz CT molecular complexity index is 977. The summed E-state index contributed by atoms with van der Waals surface area (Å²) in [7, 11) is -3.76. The van der Waals surface area contributed by atoms with E-state index < -0.39 is 15.8 Å². The molecule has 0 amide bonds. The van der Waals surface area contributed by atoms with Crippen LogP contribution in [-0.4, -0.2) is 30.3 Å². The number of nitrogens with zero attached hydrogens (tertiary/aromatic N) is 3. The molecule has 0 saturated carbocycles. The predicted octanol–water partition coefficient (Wildman–Crippen LogP) is 2.00. The second-order valence-electron chi connectivity index (χ2n) is 5.28. The van der Waals surface area contributed by atoms with Gasteiger partial charge in [0, 0.05) is 13.0 Å². The van der Waals surface area contributed by atoms with Crippen LogP contribution in [0.3, 0.4) is 0 Å². The van der Waals surface area contributed by atoms with Gasteiger partial charge in [-0.3, -0.25) is 0 Å². The second-order valence-corrected chi connectivity index (χ2v) is 6.99. The lowest BCUT2D eigenvalue weighted by Crippen LogP contribution is -2.26.